The molecule has 0 aliphatic carbocycles. The van der Waals surface area contributed by atoms with Gasteiger partial charge in [-0.25, -0.2) is 4.98 Å². The Hall–Kier alpha value is -3.58. The van der Waals surface area contributed by atoms with Gasteiger partial charge < -0.3 is 14.0 Å². The van der Waals surface area contributed by atoms with Gasteiger partial charge in [0, 0.05) is 53.2 Å². The van der Waals surface area contributed by atoms with E-state index in [9.17, 15) is 9.59 Å². The van der Waals surface area contributed by atoms with Crippen molar-refractivity contribution >= 4 is 29.1 Å². The third-order valence-electron chi connectivity index (χ3n) is 6.43. The summed E-state index contributed by atoms with van der Waals surface area (Å²) in [5.41, 5.74) is 3.35. The van der Waals surface area contributed by atoms with E-state index in [1.807, 2.05) is 88.4 Å². The Bertz CT molecular complexity index is 1290. The molecule has 2 aromatic heterocycles. The van der Waals surface area contributed by atoms with Crippen LogP contribution in [0.1, 0.15) is 39.3 Å². The van der Waals surface area contributed by atoms with Gasteiger partial charge in [0.2, 0.25) is 0 Å². The SMILES string of the molecule is COc1ccc(C(=O)C2CCN(C(=O)c3ccc(SCc4cn5ccccc5n4)cc3)CC2)cc1. The van der Waals surface area contributed by atoms with E-state index in [0.717, 1.165) is 27.7 Å². The lowest BCUT2D eigenvalue weighted by Crippen LogP contribution is -2.40. The standard InChI is InChI=1S/C28H27N3O3S/c1-34-24-9-5-20(6-10-24)27(32)21-13-16-30(17-14-21)28(33)22-7-11-25(12-8-22)35-19-23-18-31-15-3-2-4-26(31)29-23/h2-12,15,18,21H,13-14,16-17,19H2,1H3. The van der Waals surface area contributed by atoms with Gasteiger partial charge in [0.1, 0.15) is 11.4 Å². The predicted molar refractivity (Wildman–Crippen MR) is 137 cm³/mol. The molecule has 1 saturated heterocycles. The zero-order chi connectivity index (χ0) is 24.2. The third-order valence-corrected chi connectivity index (χ3v) is 7.47. The smallest absolute Gasteiger partial charge is 0.253 e. The molecule has 1 amide bonds. The van der Waals surface area contributed by atoms with E-state index in [1.54, 1.807) is 18.9 Å². The molecule has 0 saturated carbocycles. The van der Waals surface area contributed by atoms with E-state index >= 15 is 0 Å². The van der Waals surface area contributed by atoms with Crippen molar-refractivity contribution in [1.29, 1.82) is 0 Å². The first kappa shape index (κ1) is 23.2. The van der Waals surface area contributed by atoms with E-state index in [4.69, 9.17) is 4.74 Å². The monoisotopic (exact) mass is 485 g/mol. The van der Waals surface area contributed by atoms with Gasteiger partial charge in [-0.15, -0.1) is 11.8 Å². The first-order chi connectivity index (χ1) is 17.1. The third kappa shape index (κ3) is 5.25. The van der Waals surface area contributed by atoms with Crippen molar-refractivity contribution in [2.24, 2.45) is 5.92 Å². The summed E-state index contributed by atoms with van der Waals surface area (Å²) in [5, 5.41) is 0. The van der Waals surface area contributed by atoms with Crippen molar-refractivity contribution in [1.82, 2.24) is 14.3 Å². The van der Waals surface area contributed by atoms with E-state index in [1.165, 1.54) is 0 Å². The highest BCUT2D eigenvalue weighted by molar-refractivity contribution is 7.98. The predicted octanol–water partition coefficient (Wildman–Crippen LogP) is 5.37. The number of aromatic nitrogens is 2. The fourth-order valence-electron chi connectivity index (χ4n) is 4.43. The number of ether oxygens (including phenoxy) is 1. The lowest BCUT2D eigenvalue weighted by atomic mass is 9.88. The van der Waals surface area contributed by atoms with Gasteiger partial charge >= 0.3 is 0 Å². The number of methoxy groups -OCH3 is 1. The molecule has 0 spiro atoms. The molecule has 6 nitrogen and oxygen atoms in total. The maximum Gasteiger partial charge on any atom is 0.253 e. The number of Topliss-reactive ketones (excluding diaryl/α,β-unsaturated/α-hetero) is 1. The van der Waals surface area contributed by atoms with Crippen LogP contribution in [0.3, 0.4) is 0 Å². The molecule has 5 rings (SSSR count). The summed E-state index contributed by atoms with van der Waals surface area (Å²) >= 11 is 1.70. The number of hydrogen-bond acceptors (Lipinski definition) is 5. The average Bonchev–Trinajstić information content (AvgIpc) is 3.35. The number of likely N-dealkylation sites (tertiary alicyclic amines) is 1. The summed E-state index contributed by atoms with van der Waals surface area (Å²) in [6.45, 7) is 1.19. The number of benzene rings is 2. The average molecular weight is 486 g/mol. The fourth-order valence-corrected chi connectivity index (χ4v) is 5.21. The topological polar surface area (TPSA) is 63.9 Å². The van der Waals surface area contributed by atoms with Crippen molar-refractivity contribution in [3.8, 4) is 5.75 Å². The molecule has 0 atom stereocenters. The van der Waals surface area contributed by atoms with E-state index in [-0.39, 0.29) is 17.6 Å². The fraction of sp³-hybridized carbons (Fsp3) is 0.250. The number of rotatable bonds is 7. The van der Waals surface area contributed by atoms with Gasteiger partial charge in [-0.1, -0.05) is 6.07 Å². The minimum Gasteiger partial charge on any atom is -0.497 e. The molecule has 0 N–H and O–H groups in total. The maximum absolute atomic E-state index is 13.0. The number of amides is 1. The number of piperidine rings is 1. The molecule has 7 heteroatoms. The van der Waals surface area contributed by atoms with Crippen LogP contribution < -0.4 is 4.74 Å². The maximum atomic E-state index is 13.0. The van der Waals surface area contributed by atoms with E-state index in [2.05, 4.69) is 4.98 Å². The van der Waals surface area contributed by atoms with Gasteiger partial charge in [0.15, 0.2) is 5.78 Å². The quantitative estimate of drug-likeness (QED) is 0.260. The molecule has 35 heavy (non-hydrogen) atoms. The van der Waals surface area contributed by atoms with Crippen LogP contribution in [0.5, 0.6) is 5.75 Å². The highest BCUT2D eigenvalue weighted by Gasteiger charge is 2.28. The summed E-state index contributed by atoms with van der Waals surface area (Å²) in [7, 11) is 1.61. The van der Waals surface area contributed by atoms with Crippen LogP contribution in [0.15, 0.2) is 84.0 Å². The van der Waals surface area contributed by atoms with Crippen LogP contribution in [-0.2, 0) is 5.75 Å². The lowest BCUT2D eigenvalue weighted by Gasteiger charge is -2.31. The number of pyridine rings is 1. The Labute approximate surface area is 208 Å². The molecule has 3 heterocycles. The zero-order valence-electron chi connectivity index (χ0n) is 19.6. The number of carbonyl (C=O) groups is 2. The number of nitrogens with zero attached hydrogens (tertiary/aromatic N) is 3. The van der Waals surface area contributed by atoms with Crippen molar-refractivity contribution in [3.05, 3.63) is 95.9 Å². The van der Waals surface area contributed by atoms with E-state index < -0.39 is 0 Å². The summed E-state index contributed by atoms with van der Waals surface area (Å²) in [6, 6.07) is 21.0. The Kier molecular flexibility index (Phi) is 6.86. The van der Waals surface area contributed by atoms with Crippen molar-refractivity contribution in [2.45, 2.75) is 23.5 Å². The Morgan fingerprint density at radius 3 is 2.37 bits per heavy atom. The molecule has 4 aromatic rings. The number of fused-ring (bicyclic) bond motifs is 1. The van der Waals surface area contributed by atoms with Gasteiger partial charge in [-0.2, -0.15) is 0 Å². The van der Waals surface area contributed by atoms with Gasteiger partial charge in [-0.3, -0.25) is 9.59 Å². The van der Waals surface area contributed by atoms with Crippen molar-refractivity contribution < 1.29 is 14.3 Å². The highest BCUT2D eigenvalue weighted by atomic mass is 32.2. The molecule has 2 aromatic carbocycles. The molecule has 0 radical (unpaired) electrons. The Morgan fingerprint density at radius 1 is 0.971 bits per heavy atom. The second kappa shape index (κ2) is 10.4. The van der Waals surface area contributed by atoms with Crippen LogP contribution >= 0.6 is 11.8 Å². The van der Waals surface area contributed by atoms with Crippen LogP contribution in [-0.4, -0.2) is 46.2 Å². The molecule has 0 bridgehead atoms. The number of imidazole rings is 1. The minimum atomic E-state index is -0.0502. The molecular formula is C28H27N3O3S. The number of thioether (sulfide) groups is 1. The Morgan fingerprint density at radius 2 is 1.69 bits per heavy atom. The molecule has 178 valence electrons. The number of ketones is 1. The number of hydrogen-bond donors (Lipinski definition) is 0. The van der Waals surface area contributed by atoms with Crippen LogP contribution in [0.25, 0.3) is 5.65 Å². The van der Waals surface area contributed by atoms with Gasteiger partial charge in [-0.05, 0) is 73.5 Å². The van der Waals surface area contributed by atoms with Crippen LogP contribution in [0.4, 0.5) is 0 Å². The highest BCUT2D eigenvalue weighted by Crippen LogP contribution is 2.26. The summed E-state index contributed by atoms with van der Waals surface area (Å²) in [6.07, 6.45) is 5.41. The molecule has 1 fully saturated rings. The number of carbonyl (C=O) groups excluding carboxylic acids is 2. The van der Waals surface area contributed by atoms with E-state index in [0.29, 0.717) is 37.1 Å². The van der Waals surface area contributed by atoms with Gasteiger partial charge in [0.05, 0.1) is 12.8 Å². The Balaban J connectivity index is 1.14. The largest absolute Gasteiger partial charge is 0.497 e. The van der Waals surface area contributed by atoms with Crippen molar-refractivity contribution in [3.63, 3.8) is 0 Å². The first-order valence-corrected chi connectivity index (χ1v) is 12.7. The molecule has 0 unspecified atom stereocenters. The first-order valence-electron chi connectivity index (χ1n) is 11.7. The zero-order valence-corrected chi connectivity index (χ0v) is 20.4. The van der Waals surface area contributed by atoms with Crippen molar-refractivity contribution in [2.75, 3.05) is 20.2 Å². The molecular weight excluding hydrogens is 458 g/mol. The second-order valence-electron chi connectivity index (χ2n) is 8.67. The second-order valence-corrected chi connectivity index (χ2v) is 9.72. The minimum absolute atomic E-state index is 0.0252. The van der Waals surface area contributed by atoms with Gasteiger partial charge in [0.25, 0.3) is 5.91 Å². The summed E-state index contributed by atoms with van der Waals surface area (Å²) in [5.74, 6) is 1.63. The van der Waals surface area contributed by atoms with Crippen LogP contribution in [0, 0.1) is 5.92 Å². The van der Waals surface area contributed by atoms with Crippen LogP contribution in [0.2, 0.25) is 0 Å². The summed E-state index contributed by atoms with van der Waals surface area (Å²) in [4.78, 5) is 33.4. The molecule has 1 aliphatic heterocycles. The summed E-state index contributed by atoms with van der Waals surface area (Å²) < 4.78 is 7.19. The normalized spacial score (nSPS) is 14.3. The molecule has 1 aliphatic rings. The lowest BCUT2D eigenvalue weighted by molar-refractivity contribution is 0.0650.